The van der Waals surface area contributed by atoms with E-state index in [-0.39, 0.29) is 0 Å². The molecule has 5 aromatic rings. The van der Waals surface area contributed by atoms with Crippen LogP contribution in [0.4, 0.5) is 0 Å². The maximum Gasteiger partial charge on any atom is 0.0528 e. The summed E-state index contributed by atoms with van der Waals surface area (Å²) in [6.07, 6.45) is 0. The van der Waals surface area contributed by atoms with Gasteiger partial charge in [-0.25, -0.2) is 0 Å². The van der Waals surface area contributed by atoms with Crippen molar-refractivity contribution in [3.63, 3.8) is 0 Å². The van der Waals surface area contributed by atoms with E-state index in [1.165, 1.54) is 38.1 Å². The minimum Gasteiger partial charge on any atom is -0.341 e. The molecule has 2 heteroatoms. The zero-order valence-corrected chi connectivity index (χ0v) is 16.9. The Morgan fingerprint density at radius 3 is 2.21 bits per heavy atom. The van der Waals surface area contributed by atoms with Crippen molar-refractivity contribution in [1.82, 2.24) is 4.57 Å². The van der Waals surface area contributed by atoms with Gasteiger partial charge in [-0.3, -0.25) is 0 Å². The molecule has 28 heavy (non-hydrogen) atoms. The molecule has 0 aliphatic rings. The number of aryl methyl sites for hydroxylation is 2. The Hall–Kier alpha value is -2.97. The molecule has 0 atom stereocenters. The summed E-state index contributed by atoms with van der Waals surface area (Å²) in [7, 11) is 0. The standard InChI is InChI=1S/C26H21NS/c1-3-27-24-11-7-6-10-21(24)23-16-18(13-15-25(23)27)26(28)22-14-12-17(2)19-8-4-5-9-20(19)22/h4-16H,3H2,1-2H3. The monoisotopic (exact) mass is 379 g/mol. The highest BCUT2D eigenvalue weighted by molar-refractivity contribution is 7.81. The third kappa shape index (κ3) is 2.49. The quantitative estimate of drug-likeness (QED) is 0.240. The van der Waals surface area contributed by atoms with Crippen molar-refractivity contribution in [2.75, 3.05) is 0 Å². The minimum absolute atomic E-state index is 0.909. The summed E-state index contributed by atoms with van der Waals surface area (Å²) in [6, 6.07) is 28.1. The van der Waals surface area contributed by atoms with Crippen LogP contribution in [0.5, 0.6) is 0 Å². The van der Waals surface area contributed by atoms with Crippen LogP contribution in [0, 0.1) is 6.92 Å². The molecular formula is C26H21NS. The molecular weight excluding hydrogens is 358 g/mol. The fourth-order valence-corrected chi connectivity index (χ4v) is 4.64. The van der Waals surface area contributed by atoms with Crippen molar-refractivity contribution in [1.29, 1.82) is 0 Å². The van der Waals surface area contributed by atoms with Gasteiger partial charge in [0.15, 0.2) is 0 Å². The number of aromatic nitrogens is 1. The second-order valence-corrected chi connectivity index (χ2v) is 7.71. The smallest absolute Gasteiger partial charge is 0.0528 e. The van der Waals surface area contributed by atoms with Crippen LogP contribution in [0.1, 0.15) is 23.6 Å². The van der Waals surface area contributed by atoms with Crippen molar-refractivity contribution < 1.29 is 0 Å². The van der Waals surface area contributed by atoms with E-state index in [0.29, 0.717) is 0 Å². The van der Waals surface area contributed by atoms with Crippen molar-refractivity contribution in [2.24, 2.45) is 0 Å². The lowest BCUT2D eigenvalue weighted by molar-refractivity contribution is 0.827. The van der Waals surface area contributed by atoms with E-state index in [1.54, 1.807) is 0 Å². The first-order valence-corrected chi connectivity index (χ1v) is 10.1. The molecule has 0 aliphatic heterocycles. The Balaban J connectivity index is 1.73. The highest BCUT2D eigenvalue weighted by Gasteiger charge is 2.14. The summed E-state index contributed by atoms with van der Waals surface area (Å²) in [4.78, 5) is 0.909. The van der Waals surface area contributed by atoms with Crippen LogP contribution in [0.3, 0.4) is 0 Å². The maximum absolute atomic E-state index is 5.97. The molecule has 0 bridgehead atoms. The first kappa shape index (κ1) is 17.2. The minimum atomic E-state index is 0.909. The van der Waals surface area contributed by atoms with E-state index >= 15 is 0 Å². The van der Waals surface area contributed by atoms with E-state index in [4.69, 9.17) is 12.2 Å². The van der Waals surface area contributed by atoms with Gasteiger partial charge >= 0.3 is 0 Å². The van der Waals surface area contributed by atoms with Crippen LogP contribution in [-0.2, 0) is 6.54 Å². The Labute approximate surface area is 170 Å². The molecule has 0 radical (unpaired) electrons. The van der Waals surface area contributed by atoms with E-state index in [2.05, 4.69) is 97.3 Å². The topological polar surface area (TPSA) is 4.93 Å². The van der Waals surface area contributed by atoms with Crippen molar-refractivity contribution in [2.45, 2.75) is 20.4 Å². The molecule has 0 aliphatic carbocycles. The first-order valence-electron chi connectivity index (χ1n) is 9.73. The number of benzene rings is 4. The summed E-state index contributed by atoms with van der Waals surface area (Å²) in [5.74, 6) is 0. The SMILES string of the molecule is CCn1c2ccccc2c2cc(C(=S)c3ccc(C)c4ccccc34)ccc21. The zero-order chi connectivity index (χ0) is 19.3. The lowest BCUT2D eigenvalue weighted by Gasteiger charge is -2.11. The van der Waals surface area contributed by atoms with Gasteiger partial charge in [0.05, 0.1) is 4.86 Å². The number of hydrogen-bond donors (Lipinski definition) is 0. The average molecular weight is 380 g/mol. The fourth-order valence-electron chi connectivity index (χ4n) is 4.34. The van der Waals surface area contributed by atoms with Gasteiger partial charge in [0.2, 0.25) is 0 Å². The average Bonchev–Trinajstić information content (AvgIpc) is 3.07. The van der Waals surface area contributed by atoms with Gasteiger partial charge in [0.1, 0.15) is 0 Å². The molecule has 5 rings (SSSR count). The van der Waals surface area contributed by atoms with Gasteiger partial charge in [0.25, 0.3) is 0 Å². The molecule has 136 valence electrons. The summed E-state index contributed by atoms with van der Waals surface area (Å²) in [5.41, 5.74) is 6.07. The summed E-state index contributed by atoms with van der Waals surface area (Å²) >= 11 is 5.97. The number of rotatable bonds is 3. The van der Waals surface area contributed by atoms with Crippen molar-refractivity contribution in [3.05, 3.63) is 95.6 Å². The van der Waals surface area contributed by atoms with Gasteiger partial charge in [0, 0.05) is 33.9 Å². The predicted molar refractivity (Wildman–Crippen MR) is 125 cm³/mol. The third-order valence-corrected chi connectivity index (χ3v) is 6.19. The first-order chi connectivity index (χ1) is 13.7. The van der Waals surface area contributed by atoms with Crippen LogP contribution in [0.2, 0.25) is 0 Å². The molecule has 0 amide bonds. The number of nitrogens with zero attached hydrogens (tertiary/aromatic N) is 1. The van der Waals surface area contributed by atoms with E-state index in [0.717, 1.165) is 22.5 Å². The highest BCUT2D eigenvalue weighted by atomic mass is 32.1. The van der Waals surface area contributed by atoms with Crippen LogP contribution in [0.15, 0.2) is 78.9 Å². The van der Waals surface area contributed by atoms with Crippen LogP contribution < -0.4 is 0 Å². The van der Waals surface area contributed by atoms with Gasteiger partial charge in [-0.05, 0) is 53.9 Å². The van der Waals surface area contributed by atoms with Crippen molar-refractivity contribution in [3.8, 4) is 0 Å². The second kappa shape index (κ2) is 6.57. The summed E-state index contributed by atoms with van der Waals surface area (Å²) in [6.45, 7) is 5.31. The number of para-hydroxylation sites is 1. The van der Waals surface area contributed by atoms with Gasteiger partial charge in [-0.15, -0.1) is 0 Å². The van der Waals surface area contributed by atoms with Gasteiger partial charge in [-0.2, -0.15) is 0 Å². The zero-order valence-electron chi connectivity index (χ0n) is 16.1. The molecule has 0 spiro atoms. The molecule has 0 N–H and O–H groups in total. The Morgan fingerprint density at radius 2 is 1.43 bits per heavy atom. The lowest BCUT2D eigenvalue weighted by Crippen LogP contribution is -2.01. The lowest BCUT2D eigenvalue weighted by atomic mass is 9.95. The highest BCUT2D eigenvalue weighted by Crippen LogP contribution is 2.31. The van der Waals surface area contributed by atoms with Crippen LogP contribution >= 0.6 is 12.2 Å². The molecule has 0 saturated carbocycles. The van der Waals surface area contributed by atoms with Crippen molar-refractivity contribution >= 4 is 49.7 Å². The Bertz CT molecular complexity index is 1370. The van der Waals surface area contributed by atoms with E-state index in [9.17, 15) is 0 Å². The normalized spacial score (nSPS) is 11.5. The second-order valence-electron chi connectivity index (χ2n) is 7.30. The molecule has 0 unspecified atom stereocenters. The Kier molecular flexibility index (Phi) is 4.03. The summed E-state index contributed by atoms with van der Waals surface area (Å²) < 4.78 is 2.37. The molecule has 1 aromatic heterocycles. The van der Waals surface area contributed by atoms with Crippen LogP contribution in [0.25, 0.3) is 32.6 Å². The number of thiocarbonyl (C=S) groups is 1. The molecule has 1 nitrogen and oxygen atoms in total. The van der Waals surface area contributed by atoms with E-state index in [1.807, 2.05) is 0 Å². The predicted octanol–water partition coefficient (Wildman–Crippen LogP) is 7.04. The third-order valence-electron chi connectivity index (χ3n) is 5.74. The Morgan fingerprint density at radius 1 is 0.750 bits per heavy atom. The number of fused-ring (bicyclic) bond motifs is 4. The molecule has 4 aromatic carbocycles. The van der Waals surface area contributed by atoms with Gasteiger partial charge in [-0.1, -0.05) is 72.9 Å². The molecule has 1 heterocycles. The van der Waals surface area contributed by atoms with E-state index < -0.39 is 0 Å². The maximum atomic E-state index is 5.97. The largest absolute Gasteiger partial charge is 0.341 e. The van der Waals surface area contributed by atoms with Crippen LogP contribution in [-0.4, -0.2) is 9.43 Å². The van der Waals surface area contributed by atoms with Gasteiger partial charge < -0.3 is 4.57 Å². The fraction of sp³-hybridized carbons (Fsp3) is 0.115. The molecule has 0 saturated heterocycles. The summed E-state index contributed by atoms with van der Waals surface area (Å²) in [5, 5.41) is 5.06. The molecule has 0 fully saturated rings. The number of hydrogen-bond acceptors (Lipinski definition) is 1.